The van der Waals surface area contributed by atoms with E-state index in [1.807, 2.05) is 43.5 Å². The molecule has 7 heteroatoms. The third-order valence-electron chi connectivity index (χ3n) is 5.94. The van der Waals surface area contributed by atoms with Gasteiger partial charge in [0.15, 0.2) is 0 Å². The highest BCUT2D eigenvalue weighted by Crippen LogP contribution is 2.34. The molecule has 35 heavy (non-hydrogen) atoms. The molecule has 1 aliphatic heterocycles. The molecule has 0 spiro atoms. The maximum absolute atomic E-state index is 5.93. The summed E-state index contributed by atoms with van der Waals surface area (Å²) in [5, 5.41) is 3.34. The fourth-order valence-corrected chi connectivity index (χ4v) is 4.19. The number of nitrogens with zero attached hydrogens (tertiary/aromatic N) is 4. The van der Waals surface area contributed by atoms with Crippen molar-refractivity contribution in [2.75, 3.05) is 49.7 Å². The van der Waals surface area contributed by atoms with Crippen LogP contribution in [0.4, 0.5) is 23.1 Å². The Kier molecular flexibility index (Phi) is 8.21. The average molecular weight is 476 g/mol. The van der Waals surface area contributed by atoms with E-state index in [2.05, 4.69) is 65.1 Å². The second kappa shape index (κ2) is 11.5. The minimum absolute atomic E-state index is 0.154. The molecule has 2 aromatic carbocycles. The van der Waals surface area contributed by atoms with Crippen LogP contribution in [0.2, 0.25) is 0 Å². The molecule has 1 aliphatic rings. The van der Waals surface area contributed by atoms with Crippen molar-refractivity contribution in [2.45, 2.75) is 39.7 Å². The van der Waals surface area contributed by atoms with E-state index >= 15 is 0 Å². The van der Waals surface area contributed by atoms with E-state index in [0.717, 1.165) is 67.8 Å². The molecular formula is C28H37N5O2. The monoisotopic (exact) mass is 475 g/mol. The zero-order valence-electron chi connectivity index (χ0n) is 21.3. The zero-order valence-corrected chi connectivity index (χ0v) is 21.3. The van der Waals surface area contributed by atoms with E-state index in [9.17, 15) is 0 Å². The second-order valence-electron chi connectivity index (χ2n) is 9.85. The number of rotatable bonds is 9. The van der Waals surface area contributed by atoms with Crippen LogP contribution in [0.15, 0.2) is 60.8 Å². The molecular weight excluding hydrogens is 438 g/mol. The molecule has 0 radical (unpaired) electrons. The Morgan fingerprint density at radius 1 is 1.03 bits per heavy atom. The number of benzene rings is 2. The van der Waals surface area contributed by atoms with Gasteiger partial charge < -0.3 is 19.7 Å². The summed E-state index contributed by atoms with van der Waals surface area (Å²) in [5.41, 5.74) is 2.89. The van der Waals surface area contributed by atoms with Crippen LogP contribution in [0.5, 0.6) is 5.75 Å². The number of ether oxygens (including phenoxy) is 2. The first kappa shape index (κ1) is 24.9. The van der Waals surface area contributed by atoms with Crippen LogP contribution in [0, 0.1) is 6.92 Å². The fourth-order valence-electron chi connectivity index (χ4n) is 4.19. The Morgan fingerprint density at radius 3 is 2.43 bits per heavy atom. The first-order valence-corrected chi connectivity index (χ1v) is 12.4. The number of anilines is 4. The van der Waals surface area contributed by atoms with Gasteiger partial charge >= 0.3 is 0 Å². The van der Waals surface area contributed by atoms with Crippen LogP contribution in [-0.4, -0.2) is 59.9 Å². The van der Waals surface area contributed by atoms with Gasteiger partial charge in [0.25, 0.3) is 0 Å². The lowest BCUT2D eigenvalue weighted by atomic mass is 10.0. The molecule has 2 heterocycles. The lowest BCUT2D eigenvalue weighted by Gasteiger charge is -2.37. The van der Waals surface area contributed by atoms with Crippen LogP contribution in [-0.2, 0) is 4.74 Å². The summed E-state index contributed by atoms with van der Waals surface area (Å²) in [5.74, 6) is 2.32. The molecule has 186 valence electrons. The lowest BCUT2D eigenvalue weighted by Crippen LogP contribution is -2.38. The normalized spacial score (nSPS) is 14.5. The standard InChI is InChI=1S/C28H37N5O2/c1-22-21-29-27(31-26(22)33(28(2,3)4)24-9-6-5-7-10-24)30-23-11-13-25(14-12-23)35-18-8-15-32-16-19-34-20-17-32/h5-7,9-14,21H,8,15-20H2,1-4H3,(H,29,30,31). The van der Waals surface area contributed by atoms with Crippen molar-refractivity contribution >= 4 is 23.1 Å². The predicted molar refractivity (Wildman–Crippen MR) is 142 cm³/mol. The minimum atomic E-state index is -0.154. The molecule has 0 aliphatic carbocycles. The molecule has 0 bridgehead atoms. The van der Waals surface area contributed by atoms with Gasteiger partial charge in [-0.05, 0) is 70.5 Å². The molecule has 1 saturated heterocycles. The molecule has 4 rings (SSSR count). The van der Waals surface area contributed by atoms with Crippen molar-refractivity contribution in [1.82, 2.24) is 14.9 Å². The van der Waals surface area contributed by atoms with Crippen LogP contribution in [0.25, 0.3) is 0 Å². The van der Waals surface area contributed by atoms with Crippen molar-refractivity contribution in [1.29, 1.82) is 0 Å². The quantitative estimate of drug-likeness (QED) is 0.406. The molecule has 0 amide bonds. The van der Waals surface area contributed by atoms with E-state index in [-0.39, 0.29) is 5.54 Å². The van der Waals surface area contributed by atoms with Gasteiger partial charge in [0.2, 0.25) is 5.95 Å². The van der Waals surface area contributed by atoms with Gasteiger partial charge in [-0.1, -0.05) is 18.2 Å². The van der Waals surface area contributed by atoms with Crippen LogP contribution in [0.3, 0.4) is 0 Å². The summed E-state index contributed by atoms with van der Waals surface area (Å²) < 4.78 is 11.3. The van der Waals surface area contributed by atoms with Gasteiger partial charge in [-0.3, -0.25) is 4.90 Å². The first-order valence-electron chi connectivity index (χ1n) is 12.4. The van der Waals surface area contributed by atoms with E-state index in [1.54, 1.807) is 0 Å². The maximum atomic E-state index is 5.93. The first-order chi connectivity index (χ1) is 16.9. The van der Waals surface area contributed by atoms with Gasteiger partial charge in [0, 0.05) is 48.3 Å². The molecule has 0 saturated carbocycles. The predicted octanol–water partition coefficient (Wildman–Crippen LogP) is 5.57. The number of hydrogen-bond donors (Lipinski definition) is 1. The van der Waals surface area contributed by atoms with E-state index in [0.29, 0.717) is 12.6 Å². The SMILES string of the molecule is Cc1cnc(Nc2ccc(OCCCN3CCOCC3)cc2)nc1N(c1ccccc1)C(C)(C)C. The molecule has 3 aromatic rings. The van der Waals surface area contributed by atoms with Crippen LogP contribution < -0.4 is 15.0 Å². The van der Waals surface area contributed by atoms with Crippen molar-refractivity contribution in [3.05, 3.63) is 66.4 Å². The summed E-state index contributed by atoms with van der Waals surface area (Å²) in [7, 11) is 0. The Labute approximate surface area is 209 Å². The van der Waals surface area contributed by atoms with Gasteiger partial charge in [-0.25, -0.2) is 4.98 Å². The van der Waals surface area contributed by atoms with Crippen LogP contribution >= 0.6 is 0 Å². The van der Waals surface area contributed by atoms with E-state index in [4.69, 9.17) is 14.5 Å². The van der Waals surface area contributed by atoms with Crippen molar-refractivity contribution in [2.24, 2.45) is 0 Å². The van der Waals surface area contributed by atoms with Crippen molar-refractivity contribution in [3.63, 3.8) is 0 Å². The molecule has 0 unspecified atom stereocenters. The highest BCUT2D eigenvalue weighted by Gasteiger charge is 2.26. The molecule has 1 aromatic heterocycles. The topological polar surface area (TPSA) is 62.8 Å². The fraction of sp³-hybridized carbons (Fsp3) is 0.429. The Hall–Kier alpha value is -3.16. The van der Waals surface area contributed by atoms with Gasteiger partial charge in [-0.15, -0.1) is 0 Å². The number of aryl methyl sites for hydroxylation is 1. The largest absolute Gasteiger partial charge is 0.494 e. The smallest absolute Gasteiger partial charge is 0.229 e. The molecule has 1 N–H and O–H groups in total. The summed E-state index contributed by atoms with van der Waals surface area (Å²) in [6.45, 7) is 14.1. The Bertz CT molecular complexity index is 1060. The number of hydrogen-bond acceptors (Lipinski definition) is 7. The average Bonchev–Trinajstić information content (AvgIpc) is 2.85. The third-order valence-corrected chi connectivity index (χ3v) is 5.94. The highest BCUT2D eigenvalue weighted by molar-refractivity contribution is 5.66. The van der Waals surface area contributed by atoms with E-state index < -0.39 is 0 Å². The zero-order chi connectivity index (χ0) is 24.7. The third kappa shape index (κ3) is 6.93. The van der Waals surface area contributed by atoms with Gasteiger partial charge in [0.05, 0.1) is 19.8 Å². The lowest BCUT2D eigenvalue weighted by molar-refractivity contribution is 0.0358. The number of nitrogens with one attached hydrogen (secondary N) is 1. The summed E-state index contributed by atoms with van der Waals surface area (Å²) in [6.07, 6.45) is 2.88. The molecule has 0 atom stereocenters. The highest BCUT2D eigenvalue weighted by atomic mass is 16.5. The summed E-state index contributed by atoms with van der Waals surface area (Å²) in [4.78, 5) is 14.1. The Morgan fingerprint density at radius 2 is 1.74 bits per heavy atom. The second-order valence-corrected chi connectivity index (χ2v) is 9.85. The van der Waals surface area contributed by atoms with Gasteiger partial charge in [-0.2, -0.15) is 4.98 Å². The minimum Gasteiger partial charge on any atom is -0.494 e. The number of para-hydroxylation sites is 1. The van der Waals surface area contributed by atoms with E-state index in [1.165, 1.54) is 0 Å². The number of morpholine rings is 1. The van der Waals surface area contributed by atoms with Crippen molar-refractivity contribution < 1.29 is 9.47 Å². The summed E-state index contributed by atoms with van der Waals surface area (Å²) >= 11 is 0. The van der Waals surface area contributed by atoms with Gasteiger partial charge in [0.1, 0.15) is 11.6 Å². The van der Waals surface area contributed by atoms with Crippen LogP contribution in [0.1, 0.15) is 32.8 Å². The summed E-state index contributed by atoms with van der Waals surface area (Å²) in [6, 6.07) is 18.3. The number of aromatic nitrogens is 2. The maximum Gasteiger partial charge on any atom is 0.229 e. The Balaban J connectivity index is 1.39. The molecule has 1 fully saturated rings. The molecule has 7 nitrogen and oxygen atoms in total. The van der Waals surface area contributed by atoms with Crippen molar-refractivity contribution in [3.8, 4) is 5.75 Å².